The van der Waals surface area contributed by atoms with Gasteiger partial charge in [0.25, 0.3) is 0 Å². The predicted molar refractivity (Wildman–Crippen MR) is 84.1 cm³/mol. The highest BCUT2D eigenvalue weighted by Crippen LogP contribution is 2.38. The predicted octanol–water partition coefficient (Wildman–Crippen LogP) is 3.52. The SMILES string of the molecule is C[C@@H]1Cc2ccc(CO)c(C=CC=CC(=O)O)c2[C@H](C)C1. The second-order valence-electron chi connectivity index (χ2n) is 5.87. The zero-order chi connectivity index (χ0) is 15.4. The van der Waals surface area contributed by atoms with Crippen molar-refractivity contribution in [3.63, 3.8) is 0 Å². The van der Waals surface area contributed by atoms with Crippen LogP contribution in [-0.2, 0) is 17.8 Å². The Morgan fingerprint density at radius 3 is 2.76 bits per heavy atom. The largest absolute Gasteiger partial charge is 0.478 e. The number of aliphatic carboxylic acids is 1. The van der Waals surface area contributed by atoms with Gasteiger partial charge in [0.15, 0.2) is 0 Å². The van der Waals surface area contributed by atoms with Gasteiger partial charge in [0, 0.05) is 6.08 Å². The lowest BCUT2D eigenvalue weighted by molar-refractivity contribution is -0.131. The highest BCUT2D eigenvalue weighted by molar-refractivity contribution is 5.80. The monoisotopic (exact) mass is 286 g/mol. The molecule has 0 spiro atoms. The first kappa shape index (κ1) is 15.5. The summed E-state index contributed by atoms with van der Waals surface area (Å²) in [6, 6.07) is 4.10. The van der Waals surface area contributed by atoms with Gasteiger partial charge >= 0.3 is 5.97 Å². The number of allylic oxidation sites excluding steroid dienone is 2. The summed E-state index contributed by atoms with van der Waals surface area (Å²) < 4.78 is 0. The molecule has 112 valence electrons. The lowest BCUT2D eigenvalue weighted by Gasteiger charge is -2.30. The summed E-state index contributed by atoms with van der Waals surface area (Å²) in [6.45, 7) is 4.49. The molecule has 3 nitrogen and oxygen atoms in total. The molecule has 1 aliphatic carbocycles. The molecule has 0 unspecified atom stereocenters. The summed E-state index contributed by atoms with van der Waals surface area (Å²) in [5.74, 6) is 0.175. The second-order valence-corrected chi connectivity index (χ2v) is 5.87. The van der Waals surface area contributed by atoms with Crippen LogP contribution < -0.4 is 0 Å². The van der Waals surface area contributed by atoms with Crippen LogP contribution in [-0.4, -0.2) is 16.2 Å². The highest BCUT2D eigenvalue weighted by Gasteiger charge is 2.24. The Kier molecular flexibility index (Phi) is 4.97. The molecule has 0 amide bonds. The van der Waals surface area contributed by atoms with Crippen LogP contribution in [0.25, 0.3) is 6.08 Å². The second kappa shape index (κ2) is 6.72. The Balaban J connectivity index is 2.43. The minimum atomic E-state index is -0.959. The number of benzene rings is 1. The molecule has 0 radical (unpaired) electrons. The van der Waals surface area contributed by atoms with Crippen LogP contribution in [0.5, 0.6) is 0 Å². The van der Waals surface area contributed by atoms with Crippen molar-refractivity contribution < 1.29 is 15.0 Å². The zero-order valence-corrected chi connectivity index (χ0v) is 12.5. The van der Waals surface area contributed by atoms with Gasteiger partial charge < -0.3 is 10.2 Å². The number of rotatable bonds is 4. The highest BCUT2D eigenvalue weighted by atomic mass is 16.4. The van der Waals surface area contributed by atoms with Gasteiger partial charge in [0.05, 0.1) is 6.61 Å². The summed E-state index contributed by atoms with van der Waals surface area (Å²) in [4.78, 5) is 10.5. The number of fused-ring (bicyclic) bond motifs is 1. The molecule has 21 heavy (non-hydrogen) atoms. The fraction of sp³-hybridized carbons (Fsp3) is 0.389. The van der Waals surface area contributed by atoms with Crippen molar-refractivity contribution >= 4 is 12.0 Å². The van der Waals surface area contributed by atoms with Crippen LogP contribution >= 0.6 is 0 Å². The van der Waals surface area contributed by atoms with E-state index in [1.165, 1.54) is 17.2 Å². The average Bonchev–Trinajstić information content (AvgIpc) is 2.42. The molecule has 2 rings (SSSR count). The first-order chi connectivity index (χ1) is 10.0. The number of hydrogen-bond donors (Lipinski definition) is 2. The van der Waals surface area contributed by atoms with Gasteiger partial charge in [-0.15, -0.1) is 0 Å². The van der Waals surface area contributed by atoms with E-state index in [-0.39, 0.29) is 6.61 Å². The molecule has 0 bridgehead atoms. The van der Waals surface area contributed by atoms with Gasteiger partial charge in [-0.3, -0.25) is 0 Å². The van der Waals surface area contributed by atoms with E-state index in [2.05, 4.69) is 19.9 Å². The molecule has 0 fully saturated rings. The Morgan fingerprint density at radius 2 is 2.10 bits per heavy atom. The molecule has 1 aromatic carbocycles. The van der Waals surface area contributed by atoms with Gasteiger partial charge in [-0.2, -0.15) is 0 Å². The smallest absolute Gasteiger partial charge is 0.328 e. The Bertz CT molecular complexity index is 584. The fourth-order valence-corrected chi connectivity index (χ4v) is 3.29. The van der Waals surface area contributed by atoms with E-state index < -0.39 is 5.97 Å². The molecule has 0 aromatic heterocycles. The molecule has 0 saturated carbocycles. The van der Waals surface area contributed by atoms with E-state index in [9.17, 15) is 9.90 Å². The zero-order valence-electron chi connectivity index (χ0n) is 12.5. The molecule has 0 heterocycles. The molecular weight excluding hydrogens is 264 g/mol. The summed E-state index contributed by atoms with van der Waals surface area (Å²) in [5, 5.41) is 18.2. The molecule has 1 aliphatic rings. The Morgan fingerprint density at radius 1 is 1.33 bits per heavy atom. The fourth-order valence-electron chi connectivity index (χ4n) is 3.29. The van der Waals surface area contributed by atoms with E-state index in [1.54, 1.807) is 6.08 Å². The Hall–Kier alpha value is -1.87. The van der Waals surface area contributed by atoms with E-state index in [1.807, 2.05) is 12.1 Å². The molecule has 1 aromatic rings. The first-order valence-electron chi connectivity index (χ1n) is 7.36. The third-order valence-corrected chi connectivity index (χ3v) is 4.07. The molecule has 2 atom stereocenters. The third kappa shape index (κ3) is 3.61. The van der Waals surface area contributed by atoms with Gasteiger partial charge in [-0.25, -0.2) is 4.79 Å². The number of carbonyl (C=O) groups is 1. The lowest BCUT2D eigenvalue weighted by atomic mass is 9.75. The van der Waals surface area contributed by atoms with Crippen LogP contribution in [0, 0.1) is 5.92 Å². The van der Waals surface area contributed by atoms with Gasteiger partial charge in [-0.1, -0.05) is 44.2 Å². The van der Waals surface area contributed by atoms with Crippen molar-refractivity contribution in [1.29, 1.82) is 0 Å². The summed E-state index contributed by atoms with van der Waals surface area (Å²) >= 11 is 0. The first-order valence-corrected chi connectivity index (χ1v) is 7.36. The lowest BCUT2D eigenvalue weighted by Crippen LogP contribution is -2.17. The van der Waals surface area contributed by atoms with Crippen molar-refractivity contribution in [3.8, 4) is 0 Å². The maximum Gasteiger partial charge on any atom is 0.328 e. The average molecular weight is 286 g/mol. The van der Waals surface area contributed by atoms with Gasteiger partial charge in [0.1, 0.15) is 0 Å². The molecule has 2 N–H and O–H groups in total. The van der Waals surface area contributed by atoms with Crippen LogP contribution in [0.4, 0.5) is 0 Å². The number of carboxylic acids is 1. The number of hydrogen-bond acceptors (Lipinski definition) is 2. The number of aliphatic hydroxyl groups excluding tert-OH is 1. The molecule has 0 aliphatic heterocycles. The summed E-state index contributed by atoms with van der Waals surface area (Å²) in [5.41, 5.74) is 4.60. The van der Waals surface area contributed by atoms with Crippen LogP contribution in [0.1, 0.15) is 48.4 Å². The maximum absolute atomic E-state index is 10.5. The summed E-state index contributed by atoms with van der Waals surface area (Å²) in [7, 11) is 0. The van der Waals surface area contributed by atoms with Gasteiger partial charge in [0.2, 0.25) is 0 Å². The normalized spacial score (nSPS) is 21.9. The van der Waals surface area contributed by atoms with Crippen molar-refractivity contribution in [2.75, 3.05) is 0 Å². The van der Waals surface area contributed by atoms with Crippen molar-refractivity contribution in [1.82, 2.24) is 0 Å². The minimum absolute atomic E-state index is 0.00211. The van der Waals surface area contributed by atoms with Crippen LogP contribution in [0.15, 0.2) is 30.4 Å². The van der Waals surface area contributed by atoms with E-state index in [0.29, 0.717) is 11.8 Å². The third-order valence-electron chi connectivity index (χ3n) is 4.07. The topological polar surface area (TPSA) is 57.5 Å². The maximum atomic E-state index is 10.5. The van der Waals surface area contributed by atoms with E-state index >= 15 is 0 Å². The number of aliphatic hydroxyl groups is 1. The summed E-state index contributed by atoms with van der Waals surface area (Å²) in [6.07, 6.45) is 8.48. The van der Waals surface area contributed by atoms with Crippen molar-refractivity contribution in [2.24, 2.45) is 5.92 Å². The van der Waals surface area contributed by atoms with Crippen LogP contribution in [0.3, 0.4) is 0 Å². The van der Waals surface area contributed by atoms with E-state index in [4.69, 9.17) is 5.11 Å². The Labute approximate surface area is 125 Å². The van der Waals surface area contributed by atoms with Crippen molar-refractivity contribution in [3.05, 3.63) is 52.6 Å². The molecular formula is C18H22O3. The van der Waals surface area contributed by atoms with Crippen LogP contribution in [0.2, 0.25) is 0 Å². The quantitative estimate of drug-likeness (QED) is 0.657. The molecule has 0 saturated heterocycles. The number of carboxylic acid groups (broad SMARTS) is 1. The van der Waals surface area contributed by atoms with Crippen molar-refractivity contribution in [2.45, 2.75) is 39.2 Å². The van der Waals surface area contributed by atoms with E-state index in [0.717, 1.165) is 30.0 Å². The standard InChI is InChI=1S/C18H22O3/c1-12-9-13(2)18-14(10-12)7-8-15(11-19)16(18)5-3-4-6-17(20)21/h3-8,12-13,19H,9-11H2,1-2H3,(H,20,21)/t12-,13+/m0/s1. The van der Waals surface area contributed by atoms with Gasteiger partial charge in [-0.05, 0) is 46.9 Å². The minimum Gasteiger partial charge on any atom is -0.478 e. The molecule has 3 heteroatoms.